The molecule has 0 aromatic heterocycles. The minimum Gasteiger partial charge on any atom is -0.493 e. The summed E-state index contributed by atoms with van der Waals surface area (Å²) in [4.78, 5) is 11.2. The normalized spacial score (nSPS) is 16.3. The number of para-hydroxylation sites is 1. The van der Waals surface area contributed by atoms with Gasteiger partial charge in [0.05, 0.1) is 18.0 Å². The van der Waals surface area contributed by atoms with Gasteiger partial charge in [-0.15, -0.1) is 0 Å². The van der Waals surface area contributed by atoms with Gasteiger partial charge in [-0.1, -0.05) is 12.1 Å². The molecule has 0 bridgehead atoms. The number of carbonyl (C=O) groups is 1. The van der Waals surface area contributed by atoms with E-state index in [9.17, 15) is 13.2 Å². The molecule has 138 valence electrons. The van der Waals surface area contributed by atoms with Gasteiger partial charge in [-0.05, 0) is 42.3 Å². The van der Waals surface area contributed by atoms with Crippen LogP contribution in [-0.4, -0.2) is 34.1 Å². The second-order valence-electron chi connectivity index (χ2n) is 5.99. The molecule has 0 radical (unpaired) electrons. The third-order valence-corrected chi connectivity index (χ3v) is 5.52. The maximum absolute atomic E-state index is 12.6. The SMILES string of the molecule is COc1cccc2c1OC[C@H](NS(=O)(=O)c1ccc(NC(C)=O)cc1)C2. The lowest BCUT2D eigenvalue weighted by molar-refractivity contribution is -0.114. The molecule has 2 aromatic carbocycles. The molecule has 0 unspecified atom stereocenters. The molecule has 1 amide bonds. The molecule has 2 N–H and O–H groups in total. The lowest BCUT2D eigenvalue weighted by Crippen LogP contribution is -2.42. The van der Waals surface area contributed by atoms with Crippen LogP contribution in [0, 0.1) is 0 Å². The molecule has 0 fully saturated rings. The van der Waals surface area contributed by atoms with Crippen LogP contribution in [0.1, 0.15) is 12.5 Å². The predicted octanol–water partition coefficient (Wildman–Crippen LogP) is 1.94. The summed E-state index contributed by atoms with van der Waals surface area (Å²) in [7, 11) is -2.13. The van der Waals surface area contributed by atoms with E-state index in [2.05, 4.69) is 10.0 Å². The molecule has 26 heavy (non-hydrogen) atoms. The van der Waals surface area contributed by atoms with Crippen molar-refractivity contribution in [2.24, 2.45) is 0 Å². The van der Waals surface area contributed by atoms with Gasteiger partial charge in [0.25, 0.3) is 0 Å². The highest BCUT2D eigenvalue weighted by molar-refractivity contribution is 7.89. The first-order chi connectivity index (χ1) is 12.4. The molecule has 1 heterocycles. The van der Waals surface area contributed by atoms with Gasteiger partial charge >= 0.3 is 0 Å². The Hall–Kier alpha value is -2.58. The lowest BCUT2D eigenvalue weighted by atomic mass is 10.0. The lowest BCUT2D eigenvalue weighted by Gasteiger charge is -2.27. The van der Waals surface area contributed by atoms with Crippen molar-refractivity contribution in [1.82, 2.24) is 4.72 Å². The number of methoxy groups -OCH3 is 1. The van der Waals surface area contributed by atoms with E-state index in [1.165, 1.54) is 19.1 Å². The monoisotopic (exact) mass is 376 g/mol. The van der Waals surface area contributed by atoms with Gasteiger partial charge in [-0.2, -0.15) is 0 Å². The van der Waals surface area contributed by atoms with Gasteiger partial charge in [0.1, 0.15) is 6.61 Å². The van der Waals surface area contributed by atoms with Gasteiger partial charge in [-0.25, -0.2) is 13.1 Å². The molecule has 2 aromatic rings. The molecule has 0 spiro atoms. The third kappa shape index (κ3) is 3.97. The van der Waals surface area contributed by atoms with Gasteiger partial charge in [0.2, 0.25) is 15.9 Å². The van der Waals surface area contributed by atoms with Gasteiger partial charge < -0.3 is 14.8 Å². The van der Waals surface area contributed by atoms with Crippen molar-refractivity contribution >= 4 is 21.6 Å². The average molecular weight is 376 g/mol. The maximum atomic E-state index is 12.6. The Bertz CT molecular complexity index is 910. The maximum Gasteiger partial charge on any atom is 0.240 e. The summed E-state index contributed by atoms with van der Waals surface area (Å²) in [6.07, 6.45) is 0.510. The molecular formula is C18H20N2O5S. The zero-order chi connectivity index (χ0) is 18.7. The number of carbonyl (C=O) groups excluding carboxylic acids is 1. The molecule has 0 aliphatic carbocycles. The van der Waals surface area contributed by atoms with E-state index in [4.69, 9.17) is 9.47 Å². The largest absolute Gasteiger partial charge is 0.493 e. The van der Waals surface area contributed by atoms with Crippen LogP contribution in [0.5, 0.6) is 11.5 Å². The zero-order valence-corrected chi connectivity index (χ0v) is 15.3. The van der Waals surface area contributed by atoms with E-state index in [0.717, 1.165) is 5.56 Å². The fourth-order valence-corrected chi connectivity index (χ4v) is 4.06. The first kappa shape index (κ1) is 18.2. The van der Waals surface area contributed by atoms with E-state index >= 15 is 0 Å². The smallest absolute Gasteiger partial charge is 0.240 e. The Morgan fingerprint density at radius 2 is 1.92 bits per heavy atom. The standard InChI is InChI=1S/C18H20N2O5S/c1-12(21)19-14-6-8-16(9-7-14)26(22,23)20-15-10-13-4-3-5-17(24-2)18(13)25-11-15/h3-9,15,20H,10-11H2,1-2H3,(H,19,21)/t15-/m1/s1. The van der Waals surface area contributed by atoms with E-state index in [1.54, 1.807) is 25.3 Å². The van der Waals surface area contributed by atoms with Crippen LogP contribution in [-0.2, 0) is 21.2 Å². The Morgan fingerprint density at radius 3 is 2.58 bits per heavy atom. The van der Waals surface area contributed by atoms with Gasteiger partial charge in [0.15, 0.2) is 11.5 Å². The number of sulfonamides is 1. The van der Waals surface area contributed by atoms with E-state index in [0.29, 0.717) is 23.6 Å². The summed E-state index contributed by atoms with van der Waals surface area (Å²) in [5.41, 5.74) is 1.43. The first-order valence-electron chi connectivity index (χ1n) is 8.07. The van der Waals surface area contributed by atoms with Crippen molar-refractivity contribution in [1.29, 1.82) is 0 Å². The topological polar surface area (TPSA) is 93.7 Å². The van der Waals surface area contributed by atoms with Crippen molar-refractivity contribution in [3.8, 4) is 11.5 Å². The molecule has 3 rings (SSSR count). The van der Waals surface area contributed by atoms with E-state index in [-0.39, 0.29) is 23.5 Å². The average Bonchev–Trinajstić information content (AvgIpc) is 2.60. The third-order valence-electron chi connectivity index (χ3n) is 3.98. The Morgan fingerprint density at radius 1 is 1.19 bits per heavy atom. The van der Waals surface area contributed by atoms with Crippen molar-refractivity contribution in [2.75, 3.05) is 19.0 Å². The summed E-state index contributed by atoms with van der Waals surface area (Å²) >= 11 is 0. The minimum absolute atomic E-state index is 0.128. The number of fused-ring (bicyclic) bond motifs is 1. The van der Waals surface area contributed by atoms with Crippen LogP contribution >= 0.6 is 0 Å². The number of hydrogen-bond donors (Lipinski definition) is 2. The predicted molar refractivity (Wildman–Crippen MR) is 97.0 cm³/mol. The molecule has 8 heteroatoms. The summed E-state index contributed by atoms with van der Waals surface area (Å²) in [6.45, 7) is 1.61. The number of benzene rings is 2. The fraction of sp³-hybridized carbons (Fsp3) is 0.278. The number of rotatable bonds is 5. The Labute approximate surface area is 152 Å². The number of nitrogens with one attached hydrogen (secondary N) is 2. The molecule has 1 aliphatic heterocycles. The highest BCUT2D eigenvalue weighted by Crippen LogP contribution is 2.34. The molecule has 1 atom stereocenters. The van der Waals surface area contributed by atoms with Crippen LogP contribution in [0.3, 0.4) is 0 Å². The zero-order valence-electron chi connectivity index (χ0n) is 14.5. The first-order valence-corrected chi connectivity index (χ1v) is 9.56. The quantitative estimate of drug-likeness (QED) is 0.832. The highest BCUT2D eigenvalue weighted by Gasteiger charge is 2.27. The molecule has 7 nitrogen and oxygen atoms in total. The summed E-state index contributed by atoms with van der Waals surface area (Å²) in [6, 6.07) is 11.2. The Kier molecular flexibility index (Phi) is 5.15. The van der Waals surface area contributed by atoms with Crippen molar-refractivity contribution in [3.05, 3.63) is 48.0 Å². The summed E-state index contributed by atoms with van der Waals surface area (Å²) in [5, 5.41) is 2.60. The molecule has 0 saturated heterocycles. The molecular weight excluding hydrogens is 356 g/mol. The Balaban J connectivity index is 1.73. The van der Waals surface area contributed by atoms with Crippen LogP contribution in [0.15, 0.2) is 47.4 Å². The number of anilines is 1. The fourth-order valence-electron chi connectivity index (χ4n) is 2.84. The van der Waals surface area contributed by atoms with Crippen molar-refractivity contribution in [2.45, 2.75) is 24.3 Å². The minimum atomic E-state index is -3.70. The summed E-state index contributed by atoms with van der Waals surface area (Å²) in [5.74, 6) is 1.08. The van der Waals surface area contributed by atoms with Crippen LogP contribution in [0.2, 0.25) is 0 Å². The van der Waals surface area contributed by atoms with Crippen LogP contribution < -0.4 is 19.5 Å². The van der Waals surface area contributed by atoms with Gasteiger partial charge in [0, 0.05) is 12.6 Å². The van der Waals surface area contributed by atoms with E-state index in [1.807, 2.05) is 12.1 Å². The number of amides is 1. The number of ether oxygens (including phenoxy) is 2. The molecule has 1 aliphatic rings. The number of hydrogen-bond acceptors (Lipinski definition) is 5. The van der Waals surface area contributed by atoms with Crippen molar-refractivity contribution < 1.29 is 22.7 Å². The van der Waals surface area contributed by atoms with Crippen LogP contribution in [0.4, 0.5) is 5.69 Å². The highest BCUT2D eigenvalue weighted by atomic mass is 32.2. The van der Waals surface area contributed by atoms with Crippen LogP contribution in [0.25, 0.3) is 0 Å². The van der Waals surface area contributed by atoms with E-state index < -0.39 is 10.0 Å². The van der Waals surface area contributed by atoms with Crippen molar-refractivity contribution in [3.63, 3.8) is 0 Å². The van der Waals surface area contributed by atoms with Gasteiger partial charge in [-0.3, -0.25) is 4.79 Å². The second kappa shape index (κ2) is 7.35. The second-order valence-corrected chi connectivity index (χ2v) is 7.70. The molecule has 0 saturated carbocycles. The summed E-state index contributed by atoms with van der Waals surface area (Å²) < 4.78 is 38.8.